The highest BCUT2D eigenvalue weighted by molar-refractivity contribution is 7.67. The molecular weight excluding hydrogens is 535 g/mol. The summed E-state index contributed by atoms with van der Waals surface area (Å²) < 4.78 is 57.2. The third-order valence-corrected chi connectivity index (χ3v) is 8.42. The minimum atomic E-state index is -5.49. The molecule has 1 saturated heterocycles. The zero-order valence-corrected chi connectivity index (χ0v) is 19.3. The maximum atomic E-state index is 12.3. The van der Waals surface area contributed by atoms with Gasteiger partial charge in [-0.05, 0) is 0 Å². The van der Waals surface area contributed by atoms with Crippen LogP contribution in [0.2, 0.25) is 0 Å². The number of ether oxygens (including phenoxy) is 1. The number of H-pyrrole nitrogens is 2. The standard InChI is InChI=1S/C11H18N5O15P3/c1-27-34(26,30-32(21,22)23)31-33(24,25)28-2-3-5(17)6(18)9(29-3)16-7-4(13-11(16)20)8(19)15-10(12)14-7/h3,5-6,9,17-18H,2H2,1H3,(H,13,20)(H,24,25)(H2,21,22,23)(H3,12,14,15,19). The molecule has 0 aromatic carbocycles. The molecule has 3 heterocycles. The molecule has 6 atom stereocenters. The molecule has 2 aromatic heterocycles. The molecule has 6 unspecified atom stereocenters. The van der Waals surface area contributed by atoms with Crippen molar-refractivity contribution in [3.05, 3.63) is 20.8 Å². The predicted octanol–water partition coefficient (Wildman–Crippen LogP) is -2.39. The van der Waals surface area contributed by atoms with Crippen molar-refractivity contribution in [2.45, 2.75) is 24.5 Å². The lowest BCUT2D eigenvalue weighted by atomic mass is 10.1. The summed E-state index contributed by atoms with van der Waals surface area (Å²) in [5.74, 6) is -0.378. The van der Waals surface area contributed by atoms with Crippen molar-refractivity contribution in [1.82, 2.24) is 19.5 Å². The molecule has 192 valence electrons. The Labute approximate surface area is 186 Å². The molecule has 1 fully saturated rings. The van der Waals surface area contributed by atoms with Crippen LogP contribution in [0.4, 0.5) is 5.95 Å². The minimum Gasteiger partial charge on any atom is -0.387 e. The Bertz CT molecular complexity index is 1330. The minimum absolute atomic E-state index is 0.321. The lowest BCUT2D eigenvalue weighted by Gasteiger charge is -2.20. The molecule has 0 amide bonds. The van der Waals surface area contributed by atoms with Crippen LogP contribution in [-0.4, -0.2) is 76.4 Å². The van der Waals surface area contributed by atoms with E-state index >= 15 is 0 Å². The Kier molecular flexibility index (Phi) is 7.39. The van der Waals surface area contributed by atoms with E-state index in [9.17, 15) is 38.4 Å². The van der Waals surface area contributed by atoms with Crippen LogP contribution in [0.5, 0.6) is 0 Å². The van der Waals surface area contributed by atoms with Gasteiger partial charge in [-0.15, -0.1) is 0 Å². The van der Waals surface area contributed by atoms with Gasteiger partial charge in [0.2, 0.25) is 5.95 Å². The molecule has 1 aliphatic heterocycles. The summed E-state index contributed by atoms with van der Waals surface area (Å²) in [6.45, 7) is -1.05. The number of phosphoric ester groups is 1. The lowest BCUT2D eigenvalue weighted by Crippen LogP contribution is -2.35. The summed E-state index contributed by atoms with van der Waals surface area (Å²) in [4.78, 5) is 59.4. The number of hydrogen-bond donors (Lipinski definition) is 8. The molecule has 0 spiro atoms. The number of aromatic nitrogens is 4. The number of rotatable bonds is 9. The average molecular weight is 553 g/mol. The van der Waals surface area contributed by atoms with E-state index in [4.69, 9.17) is 20.3 Å². The number of hydrogen-bond acceptors (Lipinski definition) is 14. The smallest absolute Gasteiger partial charge is 0.387 e. The van der Waals surface area contributed by atoms with Crippen molar-refractivity contribution in [2.75, 3.05) is 19.5 Å². The van der Waals surface area contributed by atoms with Crippen molar-refractivity contribution >= 4 is 40.6 Å². The number of nitrogens with two attached hydrogens (primary N) is 1. The number of anilines is 1. The van der Waals surface area contributed by atoms with E-state index in [1.165, 1.54) is 0 Å². The highest BCUT2D eigenvalue weighted by atomic mass is 31.3. The maximum absolute atomic E-state index is 12.3. The quantitative estimate of drug-likeness (QED) is 0.150. The second-order valence-corrected chi connectivity index (χ2v) is 11.3. The highest BCUT2D eigenvalue weighted by Crippen LogP contribution is 2.68. The second kappa shape index (κ2) is 9.36. The molecule has 0 radical (unpaired) electrons. The number of phosphoric acid groups is 3. The number of nitrogen functional groups attached to an aromatic ring is 1. The van der Waals surface area contributed by atoms with Gasteiger partial charge < -0.3 is 35.4 Å². The summed E-state index contributed by atoms with van der Waals surface area (Å²) in [7, 11) is -15.6. The topological polar surface area (TPSA) is 308 Å². The molecule has 3 rings (SSSR count). The Hall–Kier alpha value is -1.76. The fourth-order valence-corrected chi connectivity index (χ4v) is 6.37. The lowest BCUT2D eigenvalue weighted by molar-refractivity contribution is -0.0517. The molecule has 2 aromatic rings. The maximum Gasteiger partial charge on any atom is 0.492 e. The van der Waals surface area contributed by atoms with E-state index in [1.807, 2.05) is 0 Å². The van der Waals surface area contributed by atoms with Gasteiger partial charge >= 0.3 is 29.2 Å². The van der Waals surface area contributed by atoms with Gasteiger partial charge in [-0.1, -0.05) is 0 Å². The van der Waals surface area contributed by atoms with Crippen LogP contribution in [0.1, 0.15) is 6.23 Å². The van der Waals surface area contributed by atoms with E-state index in [0.29, 0.717) is 11.7 Å². The van der Waals surface area contributed by atoms with E-state index in [0.717, 1.165) is 0 Å². The van der Waals surface area contributed by atoms with Gasteiger partial charge in [-0.2, -0.15) is 13.6 Å². The Morgan fingerprint density at radius 3 is 2.35 bits per heavy atom. The van der Waals surface area contributed by atoms with Gasteiger partial charge in [0.05, 0.1) is 6.61 Å². The van der Waals surface area contributed by atoms with Crippen LogP contribution in [0, 0.1) is 0 Å². The fraction of sp³-hybridized carbons (Fsp3) is 0.545. The van der Waals surface area contributed by atoms with Gasteiger partial charge in [0.15, 0.2) is 17.4 Å². The predicted molar refractivity (Wildman–Crippen MR) is 106 cm³/mol. The van der Waals surface area contributed by atoms with Crippen LogP contribution in [-0.2, 0) is 36.1 Å². The first-order valence-electron chi connectivity index (χ1n) is 8.69. The van der Waals surface area contributed by atoms with Crippen LogP contribution in [0.15, 0.2) is 9.59 Å². The average Bonchev–Trinajstić information content (AvgIpc) is 3.15. The molecule has 1 aliphatic rings. The van der Waals surface area contributed by atoms with E-state index < -0.39 is 65.9 Å². The highest BCUT2D eigenvalue weighted by Gasteiger charge is 2.48. The number of aliphatic hydroxyl groups excluding tert-OH is 2. The number of aliphatic hydroxyl groups is 2. The van der Waals surface area contributed by atoms with Gasteiger partial charge in [0.25, 0.3) is 5.56 Å². The van der Waals surface area contributed by atoms with Gasteiger partial charge in [0.1, 0.15) is 18.3 Å². The van der Waals surface area contributed by atoms with Gasteiger partial charge in [-0.3, -0.25) is 23.8 Å². The second-order valence-electron chi connectivity index (χ2n) is 6.54. The molecule has 0 bridgehead atoms. The van der Waals surface area contributed by atoms with Crippen molar-refractivity contribution in [3.63, 3.8) is 0 Å². The van der Waals surface area contributed by atoms with Crippen LogP contribution in [0.25, 0.3) is 11.2 Å². The van der Waals surface area contributed by atoms with Gasteiger partial charge in [0, 0.05) is 7.11 Å². The number of nitrogens with zero attached hydrogens (tertiary/aromatic N) is 2. The first kappa shape index (κ1) is 26.8. The summed E-state index contributed by atoms with van der Waals surface area (Å²) in [6.07, 6.45) is -7.00. The monoisotopic (exact) mass is 553 g/mol. The van der Waals surface area contributed by atoms with E-state index in [-0.39, 0.29) is 17.1 Å². The van der Waals surface area contributed by atoms with Crippen molar-refractivity contribution < 1.29 is 61.0 Å². The molecule has 20 nitrogen and oxygen atoms in total. The zero-order valence-electron chi connectivity index (χ0n) is 16.6. The van der Waals surface area contributed by atoms with Crippen LogP contribution < -0.4 is 17.0 Å². The molecule has 9 N–H and O–H groups in total. The number of aromatic amines is 2. The number of nitrogens with one attached hydrogen (secondary N) is 2. The van der Waals surface area contributed by atoms with Gasteiger partial charge in [-0.25, -0.2) is 23.1 Å². The fourth-order valence-electron chi connectivity index (χ4n) is 2.87. The third-order valence-electron chi connectivity index (χ3n) is 4.22. The third kappa shape index (κ3) is 5.72. The first-order chi connectivity index (χ1) is 15.6. The summed E-state index contributed by atoms with van der Waals surface area (Å²) >= 11 is 0. The Balaban J connectivity index is 1.78. The molecule has 0 aliphatic carbocycles. The van der Waals surface area contributed by atoms with Crippen molar-refractivity contribution in [1.29, 1.82) is 0 Å². The SMILES string of the molecule is COP(=O)(OP(=O)(O)O)OP(=O)(O)OCC1OC(n2c(=O)[nH]c3c(=O)[nH]c(N)nc32)C(O)C1O. The van der Waals surface area contributed by atoms with E-state index in [2.05, 4.69) is 32.6 Å². The molecule has 34 heavy (non-hydrogen) atoms. The van der Waals surface area contributed by atoms with Crippen LogP contribution >= 0.6 is 23.5 Å². The largest absolute Gasteiger partial charge is 0.492 e. The van der Waals surface area contributed by atoms with Crippen molar-refractivity contribution in [3.8, 4) is 0 Å². The zero-order chi connectivity index (χ0) is 25.6. The number of imidazole rings is 1. The summed E-state index contributed by atoms with van der Waals surface area (Å²) in [6, 6.07) is 0. The Morgan fingerprint density at radius 1 is 1.12 bits per heavy atom. The molecule has 0 saturated carbocycles. The number of fused-ring (bicyclic) bond motifs is 1. The first-order valence-corrected chi connectivity index (χ1v) is 13.2. The summed E-state index contributed by atoms with van der Waals surface area (Å²) in [5.41, 5.74) is 3.00. The Morgan fingerprint density at radius 2 is 1.76 bits per heavy atom. The van der Waals surface area contributed by atoms with E-state index in [1.54, 1.807) is 0 Å². The summed E-state index contributed by atoms with van der Waals surface area (Å²) in [5, 5.41) is 20.5. The molecular formula is C11H18N5O15P3. The van der Waals surface area contributed by atoms with Crippen molar-refractivity contribution in [2.24, 2.45) is 0 Å². The normalized spacial score (nSPS) is 27.0. The van der Waals surface area contributed by atoms with Crippen LogP contribution in [0.3, 0.4) is 0 Å². The molecule has 23 heteroatoms.